The van der Waals surface area contributed by atoms with Crippen LogP contribution in [0.4, 0.5) is 0 Å². The highest BCUT2D eigenvalue weighted by molar-refractivity contribution is 5.79. The maximum atomic E-state index is 9.53. The van der Waals surface area contributed by atoms with E-state index in [1.807, 2.05) is 0 Å². The quantitative estimate of drug-likeness (QED) is 0.259. The van der Waals surface area contributed by atoms with Crippen molar-refractivity contribution >= 4 is 11.9 Å². The fourth-order valence-electron chi connectivity index (χ4n) is 2.34. The first-order chi connectivity index (χ1) is 12.8. The Morgan fingerprint density at radius 2 is 1.04 bits per heavy atom. The molecule has 0 bridgehead atoms. The van der Waals surface area contributed by atoms with Crippen LogP contribution >= 0.6 is 0 Å². The van der Waals surface area contributed by atoms with Gasteiger partial charge in [-0.05, 0) is 12.8 Å². The van der Waals surface area contributed by atoms with Gasteiger partial charge in [0.15, 0.2) is 0 Å². The van der Waals surface area contributed by atoms with Crippen LogP contribution in [0.3, 0.4) is 0 Å². The second-order valence-corrected chi connectivity index (χ2v) is 6.52. The van der Waals surface area contributed by atoms with E-state index >= 15 is 0 Å². The molecule has 160 valence electrons. The van der Waals surface area contributed by atoms with Crippen molar-refractivity contribution in [1.29, 1.82) is 0 Å². The fraction of sp³-hybridized carbons (Fsp3) is 0.714. The molecule has 6 nitrogen and oxygen atoms in total. The first-order valence-corrected chi connectivity index (χ1v) is 9.71. The molecule has 27 heavy (non-hydrogen) atoms. The van der Waals surface area contributed by atoms with E-state index in [-0.39, 0.29) is 18.6 Å². The summed E-state index contributed by atoms with van der Waals surface area (Å²) in [6.07, 6.45) is 13.4. The van der Waals surface area contributed by atoms with Crippen molar-refractivity contribution < 1.29 is 30.0 Å². The molecule has 0 aliphatic carbocycles. The van der Waals surface area contributed by atoms with Gasteiger partial charge in [0.1, 0.15) is 0 Å². The van der Waals surface area contributed by atoms with Gasteiger partial charge in [-0.1, -0.05) is 78.4 Å². The summed E-state index contributed by atoms with van der Waals surface area (Å²) in [5.74, 6) is -1.96. The van der Waals surface area contributed by atoms with Crippen molar-refractivity contribution in [2.45, 2.75) is 78.1 Å². The first-order valence-electron chi connectivity index (χ1n) is 9.71. The number of aliphatic hydroxyl groups is 2. The van der Waals surface area contributed by atoms with E-state index in [1.165, 1.54) is 38.5 Å². The Labute approximate surface area is 164 Å². The van der Waals surface area contributed by atoms with Gasteiger partial charge in [0.05, 0.1) is 13.2 Å². The van der Waals surface area contributed by atoms with E-state index in [0.29, 0.717) is 0 Å². The van der Waals surface area contributed by atoms with Crippen LogP contribution in [0.1, 0.15) is 78.1 Å². The molecule has 6 heteroatoms. The van der Waals surface area contributed by atoms with Crippen LogP contribution in [0.25, 0.3) is 0 Å². The van der Waals surface area contributed by atoms with E-state index < -0.39 is 11.9 Å². The number of rotatable bonds is 14. The maximum Gasteiger partial charge on any atom is 0.327 e. The third kappa shape index (κ3) is 24.3. The number of hydrogen-bond donors (Lipinski definition) is 4. The minimum atomic E-state index is -0.981. The van der Waals surface area contributed by atoms with Crippen molar-refractivity contribution in [1.82, 2.24) is 0 Å². The highest BCUT2D eigenvalue weighted by atomic mass is 16.4. The lowest BCUT2D eigenvalue weighted by Gasteiger charge is -2.30. The van der Waals surface area contributed by atoms with Gasteiger partial charge in [-0.3, -0.25) is 0 Å². The Morgan fingerprint density at radius 1 is 0.741 bits per heavy atom. The summed E-state index contributed by atoms with van der Waals surface area (Å²) in [4.78, 5) is 18.5. The van der Waals surface area contributed by atoms with E-state index in [4.69, 9.17) is 10.2 Å². The number of aliphatic carboxylic acids is 2. The average Bonchev–Trinajstić information content (AvgIpc) is 2.68. The third-order valence-corrected chi connectivity index (χ3v) is 4.14. The second kappa shape index (κ2) is 22.4. The van der Waals surface area contributed by atoms with Crippen LogP contribution in [0.2, 0.25) is 0 Å². The summed E-state index contributed by atoms with van der Waals surface area (Å²) < 4.78 is 0. The summed E-state index contributed by atoms with van der Waals surface area (Å²) in [5, 5.41) is 34.3. The Morgan fingerprint density at radius 3 is 1.22 bits per heavy atom. The molecule has 0 unspecified atom stereocenters. The highest BCUT2D eigenvalue weighted by Gasteiger charge is 2.27. The summed E-state index contributed by atoms with van der Waals surface area (Å²) in [6.45, 7) is 10.6. The van der Waals surface area contributed by atoms with E-state index in [1.54, 1.807) is 0 Å². The van der Waals surface area contributed by atoms with E-state index in [9.17, 15) is 19.8 Å². The van der Waals surface area contributed by atoms with Gasteiger partial charge in [0.2, 0.25) is 0 Å². The lowest BCUT2D eigenvalue weighted by Crippen LogP contribution is -2.29. The number of hydrogen-bond acceptors (Lipinski definition) is 4. The number of carbonyl (C=O) groups is 2. The third-order valence-electron chi connectivity index (χ3n) is 4.14. The number of aliphatic hydroxyl groups excluding tert-OH is 2. The van der Waals surface area contributed by atoms with Crippen LogP contribution in [-0.4, -0.2) is 45.6 Å². The van der Waals surface area contributed by atoms with Crippen LogP contribution in [0.15, 0.2) is 25.3 Å². The van der Waals surface area contributed by atoms with Crippen molar-refractivity contribution in [2.24, 2.45) is 5.41 Å². The van der Waals surface area contributed by atoms with E-state index in [0.717, 1.165) is 37.8 Å². The lowest BCUT2D eigenvalue weighted by molar-refractivity contribution is -0.132. The highest BCUT2D eigenvalue weighted by Crippen LogP contribution is 2.30. The van der Waals surface area contributed by atoms with Crippen molar-refractivity contribution in [3.8, 4) is 0 Å². The van der Waals surface area contributed by atoms with Crippen LogP contribution in [0.5, 0.6) is 0 Å². The maximum absolute atomic E-state index is 9.53. The minimum Gasteiger partial charge on any atom is -0.478 e. The summed E-state index contributed by atoms with van der Waals surface area (Å²) in [7, 11) is 0. The molecular weight excluding hydrogens is 348 g/mol. The SMILES string of the molecule is C=CC(=O)O.C=CC(=O)O.CCCCCCC(CO)(CO)CCCCCC. The molecule has 0 atom stereocenters. The Balaban J connectivity index is -0.000000471. The summed E-state index contributed by atoms with van der Waals surface area (Å²) in [5.41, 5.74) is -0.207. The monoisotopic (exact) mass is 388 g/mol. The number of unbranched alkanes of at least 4 members (excludes halogenated alkanes) is 6. The van der Waals surface area contributed by atoms with Crippen molar-refractivity contribution in [3.63, 3.8) is 0 Å². The fourth-order valence-corrected chi connectivity index (χ4v) is 2.34. The molecule has 0 aromatic carbocycles. The molecule has 0 fully saturated rings. The first kappa shape index (κ1) is 30.1. The molecule has 0 aromatic heterocycles. The molecule has 0 spiro atoms. The minimum absolute atomic E-state index is 0.141. The van der Waals surface area contributed by atoms with Gasteiger partial charge in [-0.2, -0.15) is 0 Å². The zero-order valence-corrected chi connectivity index (χ0v) is 17.2. The van der Waals surface area contributed by atoms with Gasteiger partial charge in [0, 0.05) is 17.6 Å². The second-order valence-electron chi connectivity index (χ2n) is 6.52. The molecule has 0 heterocycles. The van der Waals surface area contributed by atoms with Crippen LogP contribution in [-0.2, 0) is 9.59 Å². The topological polar surface area (TPSA) is 115 Å². The molecule has 0 saturated carbocycles. The Hall–Kier alpha value is -1.66. The smallest absolute Gasteiger partial charge is 0.327 e. The molecule has 0 radical (unpaired) electrons. The molecule has 0 aliphatic rings. The van der Waals surface area contributed by atoms with Gasteiger partial charge < -0.3 is 20.4 Å². The van der Waals surface area contributed by atoms with E-state index in [2.05, 4.69) is 27.0 Å². The number of carboxylic acid groups (broad SMARTS) is 2. The molecule has 0 amide bonds. The van der Waals surface area contributed by atoms with Crippen molar-refractivity contribution in [2.75, 3.05) is 13.2 Å². The molecule has 0 rings (SSSR count). The standard InChI is InChI=1S/C15H32O2.2C3H4O2/c1-3-5-7-9-11-15(13-16,14-17)12-10-8-6-4-2;2*1-2-3(4)5/h16-17H,3-14H2,1-2H3;2*2H,1H2,(H,4,5). The van der Waals surface area contributed by atoms with Crippen LogP contribution < -0.4 is 0 Å². The predicted octanol–water partition coefficient (Wildman–Crippen LogP) is 4.41. The zero-order chi connectivity index (χ0) is 21.6. The van der Waals surface area contributed by atoms with Gasteiger partial charge in [-0.15, -0.1) is 0 Å². The lowest BCUT2D eigenvalue weighted by atomic mass is 9.79. The molecule has 0 aliphatic heterocycles. The Kier molecular flexibility index (Phi) is 24.9. The molecule has 0 saturated heterocycles. The molecule has 4 N–H and O–H groups in total. The van der Waals surface area contributed by atoms with Gasteiger partial charge in [0.25, 0.3) is 0 Å². The molecular formula is C21H40O6. The normalized spacial score (nSPS) is 9.93. The van der Waals surface area contributed by atoms with Gasteiger partial charge >= 0.3 is 11.9 Å². The summed E-state index contributed by atoms with van der Waals surface area (Å²) in [6, 6.07) is 0. The molecule has 0 aromatic rings. The van der Waals surface area contributed by atoms with Gasteiger partial charge in [-0.25, -0.2) is 9.59 Å². The largest absolute Gasteiger partial charge is 0.478 e. The number of carboxylic acids is 2. The Bertz CT molecular complexity index is 343. The predicted molar refractivity (Wildman–Crippen MR) is 110 cm³/mol. The average molecular weight is 389 g/mol. The summed E-state index contributed by atoms with van der Waals surface area (Å²) >= 11 is 0. The van der Waals surface area contributed by atoms with Crippen molar-refractivity contribution in [3.05, 3.63) is 25.3 Å². The van der Waals surface area contributed by atoms with Crippen LogP contribution in [0, 0.1) is 5.41 Å². The zero-order valence-electron chi connectivity index (χ0n) is 17.2.